The van der Waals surface area contributed by atoms with Gasteiger partial charge < -0.3 is 18.9 Å². The van der Waals surface area contributed by atoms with Crippen LogP contribution < -0.4 is 0 Å². The highest BCUT2D eigenvalue weighted by Gasteiger charge is 2.27. The highest BCUT2D eigenvalue weighted by atomic mass is 16.5. The number of ether oxygens (including phenoxy) is 2. The summed E-state index contributed by atoms with van der Waals surface area (Å²) < 4.78 is 15.2. The smallest absolute Gasteiger partial charge is 0.340 e. The topological polar surface area (TPSA) is 98.6 Å². The summed E-state index contributed by atoms with van der Waals surface area (Å²) in [6, 6.07) is 3.37. The molecular formula is C19H21NO6. The van der Waals surface area contributed by atoms with Gasteiger partial charge in [-0.15, -0.1) is 0 Å². The zero-order chi connectivity index (χ0) is 19.3. The third kappa shape index (κ3) is 4.30. The number of nitrogens with one attached hydrogen (secondary N) is 1. The second-order valence-electron chi connectivity index (χ2n) is 5.64. The van der Waals surface area contributed by atoms with E-state index in [1.54, 1.807) is 32.9 Å². The van der Waals surface area contributed by atoms with Crippen molar-refractivity contribution in [3.63, 3.8) is 0 Å². The highest BCUT2D eigenvalue weighted by Crippen LogP contribution is 2.21. The lowest BCUT2D eigenvalue weighted by molar-refractivity contribution is -0.140. The number of hydrogen-bond donors (Lipinski definition) is 1. The van der Waals surface area contributed by atoms with Gasteiger partial charge in [0.1, 0.15) is 5.76 Å². The molecule has 0 aliphatic rings. The van der Waals surface area contributed by atoms with Crippen molar-refractivity contribution in [2.24, 2.45) is 0 Å². The molecule has 0 unspecified atom stereocenters. The first-order valence-corrected chi connectivity index (χ1v) is 8.17. The Morgan fingerprint density at radius 1 is 1.31 bits per heavy atom. The molecule has 7 nitrogen and oxygen atoms in total. The molecule has 0 saturated carbocycles. The van der Waals surface area contributed by atoms with Crippen LogP contribution in [0.3, 0.4) is 0 Å². The second-order valence-corrected chi connectivity index (χ2v) is 5.64. The van der Waals surface area contributed by atoms with Crippen LogP contribution in [0.4, 0.5) is 0 Å². The Bertz CT molecular complexity index is 829. The molecule has 0 aliphatic carbocycles. The normalized spacial score (nSPS) is 12.2. The molecule has 0 fully saturated rings. The number of hydrogen-bond acceptors (Lipinski definition) is 6. The molecule has 0 bridgehead atoms. The Hall–Kier alpha value is -3.09. The summed E-state index contributed by atoms with van der Waals surface area (Å²) in [7, 11) is 0. The van der Waals surface area contributed by atoms with E-state index in [0.29, 0.717) is 22.6 Å². The van der Waals surface area contributed by atoms with Crippen molar-refractivity contribution >= 4 is 23.8 Å². The van der Waals surface area contributed by atoms with Crippen LogP contribution in [0.5, 0.6) is 0 Å². The number of furan rings is 1. The molecule has 0 aliphatic heterocycles. The molecule has 1 atom stereocenters. The van der Waals surface area contributed by atoms with Crippen molar-refractivity contribution in [3.05, 3.63) is 52.7 Å². The van der Waals surface area contributed by atoms with Crippen molar-refractivity contribution in [1.29, 1.82) is 0 Å². The van der Waals surface area contributed by atoms with E-state index in [1.807, 2.05) is 0 Å². The molecule has 2 heterocycles. The first kappa shape index (κ1) is 19.2. The summed E-state index contributed by atoms with van der Waals surface area (Å²) >= 11 is 0. The summed E-state index contributed by atoms with van der Waals surface area (Å²) in [5, 5.41) is 0. The van der Waals surface area contributed by atoms with Crippen LogP contribution in [-0.2, 0) is 14.3 Å². The Balaban J connectivity index is 2.09. The third-order valence-electron chi connectivity index (χ3n) is 3.75. The number of H-pyrrole nitrogens is 1. The van der Waals surface area contributed by atoms with Gasteiger partial charge >= 0.3 is 11.9 Å². The van der Waals surface area contributed by atoms with E-state index in [2.05, 4.69) is 4.98 Å². The lowest BCUT2D eigenvalue weighted by atomic mass is 10.1. The van der Waals surface area contributed by atoms with Gasteiger partial charge in [-0.25, -0.2) is 9.59 Å². The predicted octanol–water partition coefficient (Wildman–Crippen LogP) is 3.23. The van der Waals surface area contributed by atoms with Crippen LogP contribution in [0.15, 0.2) is 28.9 Å². The lowest BCUT2D eigenvalue weighted by Gasteiger charge is -2.10. The van der Waals surface area contributed by atoms with Crippen LogP contribution >= 0.6 is 0 Å². The largest absolute Gasteiger partial charge is 0.465 e. The molecule has 138 valence electrons. The van der Waals surface area contributed by atoms with Crippen LogP contribution in [0.25, 0.3) is 6.08 Å². The van der Waals surface area contributed by atoms with Gasteiger partial charge in [-0.05, 0) is 51.5 Å². The van der Waals surface area contributed by atoms with Crippen molar-refractivity contribution in [3.8, 4) is 0 Å². The van der Waals surface area contributed by atoms with Gasteiger partial charge in [0.2, 0.25) is 5.78 Å². The summed E-state index contributed by atoms with van der Waals surface area (Å²) in [4.78, 5) is 39.3. The number of carbonyl (C=O) groups is 3. The number of ketones is 1. The van der Waals surface area contributed by atoms with E-state index < -0.39 is 23.8 Å². The van der Waals surface area contributed by atoms with Gasteiger partial charge in [0, 0.05) is 11.8 Å². The number of carbonyl (C=O) groups excluding carboxylic acids is 3. The molecular weight excluding hydrogens is 338 g/mol. The Morgan fingerprint density at radius 3 is 2.65 bits per heavy atom. The lowest BCUT2D eigenvalue weighted by Crippen LogP contribution is -2.24. The van der Waals surface area contributed by atoms with Crippen LogP contribution in [0.1, 0.15) is 51.7 Å². The van der Waals surface area contributed by atoms with Crippen molar-refractivity contribution in [2.45, 2.75) is 33.8 Å². The Morgan fingerprint density at radius 2 is 2.04 bits per heavy atom. The fraction of sp³-hybridized carbons (Fsp3) is 0.316. The number of aromatic amines is 1. The average Bonchev–Trinajstić information content (AvgIpc) is 3.20. The van der Waals surface area contributed by atoms with E-state index in [9.17, 15) is 14.4 Å². The molecule has 1 N–H and O–H groups in total. The number of rotatable bonds is 7. The minimum absolute atomic E-state index is 0.223. The molecule has 0 amide bonds. The zero-order valence-corrected chi connectivity index (χ0v) is 15.1. The molecule has 7 heteroatoms. The van der Waals surface area contributed by atoms with Gasteiger partial charge in [-0.1, -0.05) is 0 Å². The van der Waals surface area contributed by atoms with Gasteiger partial charge in [0.05, 0.1) is 24.1 Å². The maximum Gasteiger partial charge on any atom is 0.340 e. The Labute approximate surface area is 151 Å². The van der Waals surface area contributed by atoms with Crippen molar-refractivity contribution < 1.29 is 28.3 Å². The molecule has 2 rings (SSSR count). The van der Waals surface area contributed by atoms with Crippen molar-refractivity contribution in [1.82, 2.24) is 4.98 Å². The molecule has 0 spiro atoms. The predicted molar refractivity (Wildman–Crippen MR) is 93.8 cm³/mol. The van der Waals surface area contributed by atoms with E-state index in [0.717, 1.165) is 0 Å². The highest BCUT2D eigenvalue weighted by molar-refractivity contribution is 6.04. The van der Waals surface area contributed by atoms with Crippen LogP contribution in [-0.4, -0.2) is 35.4 Å². The average molecular weight is 359 g/mol. The minimum atomic E-state index is -1.02. The monoisotopic (exact) mass is 359 g/mol. The quantitative estimate of drug-likeness (QED) is 0.463. The van der Waals surface area contributed by atoms with Crippen LogP contribution in [0, 0.1) is 13.8 Å². The van der Waals surface area contributed by atoms with Gasteiger partial charge in [-0.2, -0.15) is 0 Å². The minimum Gasteiger partial charge on any atom is -0.465 e. The molecule has 2 aromatic heterocycles. The molecule has 0 saturated heterocycles. The first-order chi connectivity index (χ1) is 12.3. The third-order valence-corrected chi connectivity index (χ3v) is 3.75. The Kier molecular flexibility index (Phi) is 6.16. The van der Waals surface area contributed by atoms with Gasteiger partial charge in [0.15, 0.2) is 6.10 Å². The SMILES string of the molecule is CCOC(=O)c1c(C)[nH]c(C(=O)[C@@H](C)OC(=O)/C=C/c2ccco2)c1C. The van der Waals surface area contributed by atoms with Gasteiger partial charge in [0.25, 0.3) is 0 Å². The number of aryl methyl sites for hydroxylation is 1. The number of aromatic nitrogens is 1. The maximum absolute atomic E-state index is 12.6. The van der Waals surface area contributed by atoms with E-state index >= 15 is 0 Å². The molecule has 0 radical (unpaired) electrons. The van der Waals surface area contributed by atoms with E-state index in [4.69, 9.17) is 13.9 Å². The summed E-state index contributed by atoms with van der Waals surface area (Å²) in [5.74, 6) is -1.10. The summed E-state index contributed by atoms with van der Waals surface area (Å²) in [6.45, 7) is 6.75. The fourth-order valence-corrected chi connectivity index (χ4v) is 2.51. The zero-order valence-electron chi connectivity index (χ0n) is 15.1. The maximum atomic E-state index is 12.6. The van der Waals surface area contributed by atoms with E-state index in [-0.39, 0.29) is 12.3 Å². The van der Waals surface area contributed by atoms with Crippen molar-refractivity contribution in [2.75, 3.05) is 6.61 Å². The number of esters is 2. The molecule has 26 heavy (non-hydrogen) atoms. The summed E-state index contributed by atoms with van der Waals surface area (Å²) in [6.07, 6.45) is 3.09. The molecule has 2 aromatic rings. The van der Waals surface area contributed by atoms with Crippen LogP contribution in [0.2, 0.25) is 0 Å². The van der Waals surface area contributed by atoms with Gasteiger partial charge in [-0.3, -0.25) is 4.79 Å². The fourth-order valence-electron chi connectivity index (χ4n) is 2.51. The number of Topliss-reactive ketones (excluding diaryl/α,β-unsaturated/α-hetero) is 1. The first-order valence-electron chi connectivity index (χ1n) is 8.17. The standard InChI is InChI=1S/C19H21NO6/c1-5-24-19(23)16-11(2)17(20-12(16)3)18(22)13(4)26-15(21)9-8-14-7-6-10-25-14/h6-10,13,20H,5H2,1-4H3/b9-8+/t13-/m1/s1. The molecule has 0 aromatic carbocycles. The second kappa shape index (κ2) is 8.33. The summed E-state index contributed by atoms with van der Waals surface area (Å²) in [5.41, 5.74) is 1.55. The van der Waals surface area contributed by atoms with E-state index in [1.165, 1.54) is 25.3 Å².